The van der Waals surface area contributed by atoms with Gasteiger partial charge in [0.2, 0.25) is 0 Å². The Bertz CT molecular complexity index is 756. The molecule has 6 heteroatoms. The zero-order valence-electron chi connectivity index (χ0n) is 13.7. The molecule has 1 amide bonds. The molecular weight excluding hydrogens is 304 g/mol. The van der Waals surface area contributed by atoms with E-state index in [1.54, 1.807) is 6.20 Å². The van der Waals surface area contributed by atoms with E-state index in [4.69, 9.17) is 4.74 Å². The van der Waals surface area contributed by atoms with Gasteiger partial charge in [-0.2, -0.15) is 0 Å². The van der Waals surface area contributed by atoms with Crippen LogP contribution in [0.15, 0.2) is 30.6 Å². The van der Waals surface area contributed by atoms with Gasteiger partial charge in [-0.25, -0.2) is 0 Å². The molecule has 6 nitrogen and oxygen atoms in total. The van der Waals surface area contributed by atoms with Gasteiger partial charge in [0.05, 0.1) is 42.7 Å². The Balaban J connectivity index is 1.46. The maximum Gasteiger partial charge on any atom is 0.258 e. The van der Waals surface area contributed by atoms with Crippen molar-refractivity contribution in [2.75, 3.05) is 25.1 Å². The predicted octanol–water partition coefficient (Wildman–Crippen LogP) is 1.79. The average molecular weight is 324 g/mol. The number of nitrogens with zero attached hydrogens (tertiary/aromatic N) is 3. The molecule has 1 saturated heterocycles. The topological polar surface area (TPSA) is 67.3 Å². The van der Waals surface area contributed by atoms with E-state index in [-0.39, 0.29) is 11.9 Å². The predicted molar refractivity (Wildman–Crippen MR) is 89.9 cm³/mol. The molecule has 2 aliphatic heterocycles. The molecular formula is C18H20N4O2. The van der Waals surface area contributed by atoms with Gasteiger partial charge in [-0.3, -0.25) is 14.8 Å². The molecule has 124 valence electrons. The second kappa shape index (κ2) is 6.20. The van der Waals surface area contributed by atoms with Crippen LogP contribution in [0.5, 0.6) is 0 Å². The molecule has 1 N–H and O–H groups in total. The van der Waals surface area contributed by atoms with Crippen molar-refractivity contribution in [1.29, 1.82) is 0 Å². The third-order valence-electron chi connectivity index (χ3n) is 4.48. The number of aromatic nitrogens is 2. The lowest BCUT2D eigenvalue weighted by Crippen LogP contribution is -2.40. The average Bonchev–Trinajstić information content (AvgIpc) is 2.87. The van der Waals surface area contributed by atoms with Gasteiger partial charge in [0.1, 0.15) is 0 Å². The Morgan fingerprint density at radius 3 is 2.88 bits per heavy atom. The number of ether oxygens (including phenoxy) is 1. The Hall–Kier alpha value is -2.47. The fraction of sp³-hybridized carbons (Fsp3) is 0.389. The Labute approximate surface area is 140 Å². The summed E-state index contributed by atoms with van der Waals surface area (Å²) >= 11 is 0. The van der Waals surface area contributed by atoms with Crippen molar-refractivity contribution in [3.05, 3.63) is 53.1 Å². The zero-order chi connectivity index (χ0) is 16.5. The van der Waals surface area contributed by atoms with Gasteiger partial charge in [0.25, 0.3) is 5.91 Å². The number of pyridine rings is 2. The third-order valence-corrected chi connectivity index (χ3v) is 4.48. The lowest BCUT2D eigenvalue weighted by atomic mass is 10.1. The van der Waals surface area contributed by atoms with Gasteiger partial charge >= 0.3 is 0 Å². The van der Waals surface area contributed by atoms with Crippen LogP contribution in [0.25, 0.3) is 0 Å². The molecule has 0 unspecified atom stereocenters. The van der Waals surface area contributed by atoms with Gasteiger partial charge in [0, 0.05) is 31.1 Å². The van der Waals surface area contributed by atoms with Gasteiger partial charge < -0.3 is 15.0 Å². The van der Waals surface area contributed by atoms with Crippen molar-refractivity contribution in [3.63, 3.8) is 0 Å². The Morgan fingerprint density at radius 2 is 2.17 bits per heavy atom. The molecule has 4 heterocycles. The number of anilines is 1. The minimum absolute atomic E-state index is 0.0490. The molecule has 0 saturated carbocycles. The molecule has 1 fully saturated rings. The summed E-state index contributed by atoms with van der Waals surface area (Å²) in [6.45, 7) is 4.61. The van der Waals surface area contributed by atoms with Crippen LogP contribution in [0, 0.1) is 6.92 Å². The van der Waals surface area contributed by atoms with Crippen LogP contribution < -0.4 is 5.32 Å². The molecule has 0 spiro atoms. The van der Waals surface area contributed by atoms with Gasteiger partial charge in [-0.1, -0.05) is 6.07 Å². The minimum Gasteiger partial charge on any atom is -0.377 e. The Kier molecular flexibility index (Phi) is 3.90. The number of nitrogens with one attached hydrogen (secondary N) is 1. The highest BCUT2D eigenvalue weighted by atomic mass is 16.5. The van der Waals surface area contributed by atoms with Crippen LogP contribution in [-0.2, 0) is 17.7 Å². The van der Waals surface area contributed by atoms with Gasteiger partial charge in [-0.05, 0) is 24.6 Å². The maximum absolute atomic E-state index is 12.8. The van der Waals surface area contributed by atoms with Crippen LogP contribution in [0.4, 0.5) is 5.69 Å². The summed E-state index contributed by atoms with van der Waals surface area (Å²) in [4.78, 5) is 23.4. The van der Waals surface area contributed by atoms with Crippen LogP contribution in [0.1, 0.15) is 27.3 Å². The number of aryl methyl sites for hydroxylation is 1. The fourth-order valence-corrected chi connectivity index (χ4v) is 3.01. The smallest absolute Gasteiger partial charge is 0.258 e. The van der Waals surface area contributed by atoms with E-state index in [1.807, 2.05) is 36.2 Å². The third kappa shape index (κ3) is 2.85. The van der Waals surface area contributed by atoms with Crippen LogP contribution in [0.3, 0.4) is 0 Å². The van der Waals surface area contributed by atoms with Crippen molar-refractivity contribution in [3.8, 4) is 0 Å². The van der Waals surface area contributed by atoms with Crippen molar-refractivity contribution >= 4 is 11.6 Å². The number of carbonyl (C=O) groups is 1. The number of carbonyl (C=O) groups excluding carboxylic acids is 1. The summed E-state index contributed by atoms with van der Waals surface area (Å²) in [6.07, 6.45) is 4.37. The summed E-state index contributed by atoms with van der Waals surface area (Å²) in [5.74, 6) is 0.0490. The van der Waals surface area contributed by atoms with E-state index in [0.29, 0.717) is 31.9 Å². The summed E-state index contributed by atoms with van der Waals surface area (Å²) in [5.41, 5.74) is 4.57. The first-order valence-electron chi connectivity index (χ1n) is 8.23. The van der Waals surface area contributed by atoms with E-state index in [0.717, 1.165) is 29.1 Å². The van der Waals surface area contributed by atoms with E-state index < -0.39 is 0 Å². The molecule has 24 heavy (non-hydrogen) atoms. The first-order chi connectivity index (χ1) is 11.7. The largest absolute Gasteiger partial charge is 0.377 e. The van der Waals surface area contributed by atoms with E-state index in [2.05, 4.69) is 15.3 Å². The van der Waals surface area contributed by atoms with E-state index in [1.165, 1.54) is 0 Å². The molecule has 0 radical (unpaired) electrons. The van der Waals surface area contributed by atoms with Crippen LogP contribution >= 0.6 is 0 Å². The molecule has 2 aromatic rings. The first kappa shape index (κ1) is 15.1. The minimum atomic E-state index is 0.0490. The lowest BCUT2D eigenvalue weighted by molar-refractivity contribution is 0.0210. The SMILES string of the molecule is Cc1ccc(CCN2Cc3nccc(NC4COC4)c3C2=O)nc1. The normalized spacial score (nSPS) is 16.9. The summed E-state index contributed by atoms with van der Waals surface area (Å²) in [7, 11) is 0. The Morgan fingerprint density at radius 1 is 1.29 bits per heavy atom. The quantitative estimate of drug-likeness (QED) is 0.908. The van der Waals surface area contributed by atoms with Gasteiger partial charge in [-0.15, -0.1) is 0 Å². The summed E-state index contributed by atoms with van der Waals surface area (Å²) < 4.78 is 5.19. The number of hydrogen-bond acceptors (Lipinski definition) is 5. The lowest BCUT2D eigenvalue weighted by Gasteiger charge is -2.28. The number of fused-ring (bicyclic) bond motifs is 1. The second-order valence-electron chi connectivity index (χ2n) is 6.36. The number of hydrogen-bond donors (Lipinski definition) is 1. The van der Waals surface area contributed by atoms with E-state index >= 15 is 0 Å². The monoisotopic (exact) mass is 324 g/mol. The molecule has 4 rings (SSSR count). The highest BCUT2D eigenvalue weighted by molar-refractivity contribution is 6.03. The zero-order valence-corrected chi connectivity index (χ0v) is 13.7. The fourth-order valence-electron chi connectivity index (χ4n) is 3.01. The molecule has 2 aromatic heterocycles. The molecule has 0 atom stereocenters. The number of rotatable bonds is 5. The van der Waals surface area contributed by atoms with Crippen molar-refractivity contribution in [2.24, 2.45) is 0 Å². The standard InChI is InChI=1S/C18H20N4O2/c1-12-2-3-13(20-8-12)5-7-22-9-16-17(18(22)23)15(4-6-19-16)21-14-10-24-11-14/h2-4,6,8,14H,5,7,9-11H2,1H3,(H,19,21). The number of amides is 1. The van der Waals surface area contributed by atoms with Gasteiger partial charge in [0.15, 0.2) is 0 Å². The molecule has 0 aliphatic carbocycles. The van der Waals surface area contributed by atoms with Crippen LogP contribution in [-0.4, -0.2) is 46.6 Å². The molecule has 2 aliphatic rings. The molecule has 0 bridgehead atoms. The van der Waals surface area contributed by atoms with Crippen molar-refractivity contribution < 1.29 is 9.53 Å². The first-order valence-corrected chi connectivity index (χ1v) is 8.23. The molecule has 0 aromatic carbocycles. The van der Waals surface area contributed by atoms with E-state index in [9.17, 15) is 4.79 Å². The highest BCUT2D eigenvalue weighted by Crippen LogP contribution is 2.28. The summed E-state index contributed by atoms with van der Waals surface area (Å²) in [6, 6.07) is 6.23. The van der Waals surface area contributed by atoms with Crippen molar-refractivity contribution in [1.82, 2.24) is 14.9 Å². The van der Waals surface area contributed by atoms with Crippen molar-refractivity contribution in [2.45, 2.75) is 25.9 Å². The van der Waals surface area contributed by atoms with Crippen LogP contribution in [0.2, 0.25) is 0 Å². The maximum atomic E-state index is 12.8. The summed E-state index contributed by atoms with van der Waals surface area (Å²) in [5, 5.41) is 3.38. The second-order valence-corrected chi connectivity index (χ2v) is 6.36. The highest BCUT2D eigenvalue weighted by Gasteiger charge is 2.32.